The van der Waals surface area contributed by atoms with E-state index >= 15 is 0 Å². The predicted molar refractivity (Wildman–Crippen MR) is 144 cm³/mol. The second-order valence-electron chi connectivity index (χ2n) is 9.36. The summed E-state index contributed by atoms with van der Waals surface area (Å²) in [6.45, 7) is 10.3. The van der Waals surface area contributed by atoms with Gasteiger partial charge in [-0.3, -0.25) is 4.90 Å². The van der Waals surface area contributed by atoms with Crippen molar-refractivity contribution in [2.45, 2.75) is 45.7 Å². The third-order valence-corrected chi connectivity index (χ3v) is 6.54. The largest absolute Gasteiger partial charge is 0.357 e. The molecule has 2 aliphatic rings. The summed E-state index contributed by atoms with van der Waals surface area (Å²) >= 11 is 0. The summed E-state index contributed by atoms with van der Waals surface area (Å²) in [5.74, 6) is -1.68. The van der Waals surface area contributed by atoms with Crippen molar-refractivity contribution in [3.05, 3.63) is 41.6 Å². The Hall–Kier alpha value is -3.05. The van der Waals surface area contributed by atoms with Gasteiger partial charge in [-0.1, -0.05) is 19.9 Å². The minimum Gasteiger partial charge on any atom is -0.357 e. The van der Waals surface area contributed by atoms with E-state index in [1.54, 1.807) is 25.4 Å². The lowest BCUT2D eigenvalue weighted by molar-refractivity contribution is 0.0155. The molecule has 3 N–H and O–H groups in total. The van der Waals surface area contributed by atoms with Crippen LogP contribution in [-0.2, 0) is 12.5 Å². The van der Waals surface area contributed by atoms with Gasteiger partial charge in [-0.05, 0) is 37.2 Å². The first-order chi connectivity index (χ1) is 17.7. The molecule has 2 aromatic rings. The average Bonchev–Trinajstić information content (AvgIpc) is 3.35. The van der Waals surface area contributed by atoms with Gasteiger partial charge in [-0.2, -0.15) is 4.98 Å². The molecule has 2 aliphatic heterocycles. The molecule has 1 atom stereocenters. The molecule has 2 fully saturated rings. The van der Waals surface area contributed by atoms with E-state index < -0.39 is 12.0 Å². The molecule has 204 valence electrons. The molecule has 11 heteroatoms. The van der Waals surface area contributed by atoms with Crippen LogP contribution in [0.15, 0.2) is 30.5 Å². The highest BCUT2D eigenvalue weighted by Crippen LogP contribution is 2.33. The first kappa shape index (κ1) is 28.5. The van der Waals surface area contributed by atoms with Crippen molar-refractivity contribution in [1.29, 1.82) is 0 Å². The Labute approximate surface area is 218 Å². The Kier molecular flexibility index (Phi) is 9.99. The molecular formula is C26H40F2N8O. The number of alkyl halides is 2. The van der Waals surface area contributed by atoms with Crippen LogP contribution in [0.5, 0.6) is 0 Å². The van der Waals surface area contributed by atoms with Gasteiger partial charge in [0.15, 0.2) is 0 Å². The number of piperazine rings is 1. The summed E-state index contributed by atoms with van der Waals surface area (Å²) in [5, 5.41) is 8.60. The lowest BCUT2D eigenvalue weighted by atomic mass is 10.0. The zero-order chi connectivity index (χ0) is 27.0. The van der Waals surface area contributed by atoms with Crippen molar-refractivity contribution >= 4 is 23.5 Å². The van der Waals surface area contributed by atoms with Crippen molar-refractivity contribution in [2.24, 2.45) is 0 Å². The van der Waals surface area contributed by atoms with Crippen molar-refractivity contribution in [2.75, 3.05) is 68.9 Å². The number of nitrogens with one attached hydrogen (secondary N) is 3. The molecule has 3 heterocycles. The minimum absolute atomic E-state index is 0.0506. The third kappa shape index (κ3) is 7.96. The molecule has 4 rings (SSSR count). The summed E-state index contributed by atoms with van der Waals surface area (Å²) in [6, 6.07) is 6.14. The molecule has 2 saturated heterocycles. The Bertz CT molecular complexity index is 1020. The molecule has 1 aromatic carbocycles. The molecule has 2 amide bonds. The monoisotopic (exact) mass is 518 g/mol. The quantitative estimate of drug-likeness (QED) is 0.514. The summed E-state index contributed by atoms with van der Waals surface area (Å²) in [6.07, 6.45) is 2.45. The first-order valence-electron chi connectivity index (χ1n) is 13.0. The van der Waals surface area contributed by atoms with E-state index in [0.29, 0.717) is 30.3 Å². The Balaban J connectivity index is 0.00000186. The van der Waals surface area contributed by atoms with Crippen LogP contribution in [0, 0.1) is 0 Å². The van der Waals surface area contributed by atoms with E-state index in [-0.39, 0.29) is 11.6 Å². The molecule has 0 bridgehead atoms. The van der Waals surface area contributed by atoms with Crippen LogP contribution < -0.4 is 20.9 Å². The summed E-state index contributed by atoms with van der Waals surface area (Å²) < 4.78 is 28.9. The molecule has 9 nitrogen and oxygen atoms in total. The number of carbonyl (C=O) groups is 1. The molecule has 0 spiro atoms. The van der Waals surface area contributed by atoms with Crippen molar-refractivity contribution in [3.63, 3.8) is 0 Å². The third-order valence-electron chi connectivity index (χ3n) is 6.54. The average molecular weight is 519 g/mol. The maximum atomic E-state index is 14.5. The minimum atomic E-state index is -3.01. The van der Waals surface area contributed by atoms with Gasteiger partial charge < -0.3 is 25.8 Å². The maximum absolute atomic E-state index is 14.5. The zero-order valence-electron chi connectivity index (χ0n) is 22.5. The summed E-state index contributed by atoms with van der Waals surface area (Å²) in [5.41, 5.74) is 0.890. The van der Waals surface area contributed by atoms with Crippen LogP contribution in [0.4, 0.5) is 31.0 Å². The van der Waals surface area contributed by atoms with Crippen LogP contribution in [0.3, 0.4) is 0 Å². The van der Waals surface area contributed by atoms with Gasteiger partial charge in [-0.15, -0.1) is 0 Å². The molecular weight excluding hydrogens is 478 g/mol. The van der Waals surface area contributed by atoms with Crippen LogP contribution in [0.25, 0.3) is 0 Å². The number of benzene rings is 1. The second kappa shape index (κ2) is 13.0. The number of likely N-dealkylation sites (N-methyl/N-ethyl adjacent to an activating group) is 1. The van der Waals surface area contributed by atoms with Gasteiger partial charge >= 0.3 is 6.03 Å². The highest BCUT2D eigenvalue weighted by atomic mass is 19.3. The number of hydrogen-bond donors (Lipinski definition) is 3. The number of nitrogens with zero attached hydrogens (tertiary/aromatic N) is 5. The standard InChI is InChI=1S/C24H34F2N8O.C2H6/c1-24(25,26)20-14-18(5-4-17(20)15-33-12-10-32(3)11-13-33)29-23(35)30-19-7-9-34(16-19)21-6-8-28-22(27-2)31-21;1-2/h4-6,8,14,19H,7,9-13,15-16H2,1-3H3,(H,27,28,31)(H2,29,30,35);1-2H3. The predicted octanol–water partition coefficient (Wildman–Crippen LogP) is 3.80. The van der Waals surface area contributed by atoms with E-state index in [4.69, 9.17) is 0 Å². The molecule has 0 aliphatic carbocycles. The Morgan fingerprint density at radius 3 is 2.54 bits per heavy atom. The smallest absolute Gasteiger partial charge is 0.319 e. The Morgan fingerprint density at radius 1 is 1.14 bits per heavy atom. The van der Waals surface area contributed by atoms with Gasteiger partial charge in [0.1, 0.15) is 5.82 Å². The van der Waals surface area contributed by atoms with Crippen molar-refractivity contribution in [1.82, 2.24) is 25.1 Å². The number of amides is 2. The number of aromatic nitrogens is 2. The summed E-state index contributed by atoms with van der Waals surface area (Å²) in [7, 11) is 3.82. The number of urea groups is 1. The first-order valence-corrected chi connectivity index (χ1v) is 13.0. The summed E-state index contributed by atoms with van der Waals surface area (Å²) in [4.78, 5) is 27.7. The van der Waals surface area contributed by atoms with E-state index in [1.807, 2.05) is 19.9 Å². The van der Waals surface area contributed by atoms with E-state index in [0.717, 1.165) is 51.9 Å². The highest BCUT2D eigenvalue weighted by molar-refractivity contribution is 5.89. The Morgan fingerprint density at radius 2 is 1.86 bits per heavy atom. The second-order valence-corrected chi connectivity index (χ2v) is 9.36. The fraction of sp³-hybridized carbons (Fsp3) is 0.577. The molecule has 0 saturated carbocycles. The number of anilines is 3. The van der Waals surface area contributed by atoms with Crippen molar-refractivity contribution < 1.29 is 13.6 Å². The topological polar surface area (TPSA) is 88.7 Å². The van der Waals surface area contributed by atoms with E-state index in [2.05, 4.69) is 47.7 Å². The number of hydrogen-bond acceptors (Lipinski definition) is 7. The van der Waals surface area contributed by atoms with Gasteiger partial charge in [0.2, 0.25) is 5.95 Å². The number of carbonyl (C=O) groups excluding carboxylic acids is 1. The SMILES string of the molecule is CC.CNc1nccc(N2CCC(NC(=O)Nc3ccc(CN4CCN(C)CC4)c(C(C)(F)F)c3)C2)n1. The molecule has 37 heavy (non-hydrogen) atoms. The lowest BCUT2D eigenvalue weighted by Gasteiger charge is -2.33. The zero-order valence-corrected chi connectivity index (χ0v) is 22.5. The van der Waals surface area contributed by atoms with E-state index in [9.17, 15) is 13.6 Å². The van der Waals surface area contributed by atoms with E-state index in [1.165, 1.54) is 6.07 Å². The fourth-order valence-electron chi connectivity index (χ4n) is 4.53. The van der Waals surface area contributed by atoms with Crippen LogP contribution in [-0.4, -0.2) is 85.2 Å². The highest BCUT2D eigenvalue weighted by Gasteiger charge is 2.30. The van der Waals surface area contributed by atoms with Crippen LogP contribution >= 0.6 is 0 Å². The fourth-order valence-corrected chi connectivity index (χ4v) is 4.53. The maximum Gasteiger partial charge on any atom is 0.319 e. The van der Waals surface area contributed by atoms with Gasteiger partial charge in [0.05, 0.1) is 0 Å². The molecule has 1 aromatic heterocycles. The lowest BCUT2D eigenvalue weighted by Crippen LogP contribution is -2.44. The normalized spacial score (nSPS) is 18.7. The van der Waals surface area contributed by atoms with Crippen LogP contribution in [0.1, 0.15) is 38.3 Å². The van der Waals surface area contributed by atoms with Gasteiger partial charge in [0, 0.05) is 83.3 Å². The number of halogens is 2. The molecule has 0 radical (unpaired) electrons. The number of rotatable bonds is 7. The van der Waals surface area contributed by atoms with Crippen molar-refractivity contribution in [3.8, 4) is 0 Å². The molecule has 1 unspecified atom stereocenters. The van der Waals surface area contributed by atoms with Gasteiger partial charge in [0.25, 0.3) is 5.92 Å². The van der Waals surface area contributed by atoms with Gasteiger partial charge in [-0.25, -0.2) is 18.6 Å². The van der Waals surface area contributed by atoms with Crippen LogP contribution in [0.2, 0.25) is 0 Å².